The molecule has 6 nitrogen and oxygen atoms in total. The quantitative estimate of drug-likeness (QED) is 0.781. The number of hydrogen-bond donors (Lipinski definition) is 1. The molecule has 0 atom stereocenters. The standard InChI is InChI=1S/C10H7BrN6S/c11-6-1-4-18-7(6)8-14-9(12)16-10(15-8)17-3-2-13-5-17/h1-5H,(H2,12,14,15,16). The summed E-state index contributed by atoms with van der Waals surface area (Å²) in [6, 6.07) is 1.94. The minimum Gasteiger partial charge on any atom is -0.368 e. The number of rotatable bonds is 2. The Balaban J connectivity index is 2.15. The first-order valence-electron chi connectivity index (χ1n) is 4.97. The monoisotopic (exact) mass is 322 g/mol. The number of anilines is 1. The second-order valence-electron chi connectivity index (χ2n) is 3.38. The van der Waals surface area contributed by atoms with E-state index in [-0.39, 0.29) is 5.95 Å². The normalized spacial score (nSPS) is 10.7. The third-order valence-corrected chi connectivity index (χ3v) is 4.03. The van der Waals surface area contributed by atoms with E-state index >= 15 is 0 Å². The summed E-state index contributed by atoms with van der Waals surface area (Å²) < 4.78 is 2.62. The molecule has 0 saturated heterocycles. The molecule has 3 aromatic rings. The number of hydrogen-bond acceptors (Lipinski definition) is 6. The van der Waals surface area contributed by atoms with Crippen LogP contribution in [0.15, 0.2) is 34.6 Å². The molecule has 0 bridgehead atoms. The molecule has 0 aliphatic carbocycles. The van der Waals surface area contributed by atoms with Gasteiger partial charge in [0.05, 0.1) is 4.88 Å². The van der Waals surface area contributed by atoms with Crippen molar-refractivity contribution in [3.05, 3.63) is 34.6 Å². The molecule has 0 radical (unpaired) electrons. The van der Waals surface area contributed by atoms with Crippen LogP contribution in [0.2, 0.25) is 0 Å². The van der Waals surface area contributed by atoms with Crippen molar-refractivity contribution in [1.29, 1.82) is 0 Å². The van der Waals surface area contributed by atoms with Crippen LogP contribution in [0.1, 0.15) is 0 Å². The van der Waals surface area contributed by atoms with Crippen LogP contribution in [-0.4, -0.2) is 24.5 Å². The summed E-state index contributed by atoms with van der Waals surface area (Å²) in [5.41, 5.74) is 5.72. The van der Waals surface area contributed by atoms with E-state index in [2.05, 4.69) is 35.9 Å². The van der Waals surface area contributed by atoms with Gasteiger partial charge in [-0.1, -0.05) is 0 Å². The fourth-order valence-electron chi connectivity index (χ4n) is 1.43. The van der Waals surface area contributed by atoms with Crippen molar-refractivity contribution in [2.45, 2.75) is 0 Å². The zero-order valence-corrected chi connectivity index (χ0v) is 11.4. The molecular formula is C10H7BrN6S. The first kappa shape index (κ1) is 11.3. The average Bonchev–Trinajstić information content (AvgIpc) is 2.98. The molecule has 3 heterocycles. The Bertz CT molecular complexity index is 678. The highest BCUT2D eigenvalue weighted by Gasteiger charge is 2.11. The molecule has 0 amide bonds. The molecule has 0 fully saturated rings. The van der Waals surface area contributed by atoms with Gasteiger partial charge in [0, 0.05) is 16.9 Å². The highest BCUT2D eigenvalue weighted by molar-refractivity contribution is 9.10. The summed E-state index contributed by atoms with van der Waals surface area (Å²) in [6.07, 6.45) is 5.02. The zero-order valence-electron chi connectivity index (χ0n) is 8.99. The molecule has 3 rings (SSSR count). The van der Waals surface area contributed by atoms with Crippen molar-refractivity contribution in [3.63, 3.8) is 0 Å². The number of aromatic nitrogens is 5. The first-order valence-corrected chi connectivity index (χ1v) is 6.64. The van der Waals surface area contributed by atoms with Gasteiger partial charge in [0.15, 0.2) is 5.82 Å². The van der Waals surface area contributed by atoms with Gasteiger partial charge < -0.3 is 5.73 Å². The van der Waals surface area contributed by atoms with Gasteiger partial charge in [-0.15, -0.1) is 11.3 Å². The molecule has 8 heteroatoms. The molecular weight excluding hydrogens is 316 g/mol. The number of nitrogen functional groups attached to an aromatic ring is 1. The van der Waals surface area contributed by atoms with E-state index in [1.807, 2.05) is 11.4 Å². The van der Waals surface area contributed by atoms with E-state index in [9.17, 15) is 0 Å². The lowest BCUT2D eigenvalue weighted by Gasteiger charge is -2.04. The fourth-order valence-corrected chi connectivity index (χ4v) is 2.91. The van der Waals surface area contributed by atoms with E-state index in [4.69, 9.17) is 5.73 Å². The summed E-state index contributed by atoms with van der Waals surface area (Å²) in [6.45, 7) is 0. The Morgan fingerprint density at radius 1 is 1.28 bits per heavy atom. The van der Waals surface area contributed by atoms with Crippen molar-refractivity contribution < 1.29 is 0 Å². The van der Waals surface area contributed by atoms with Crippen LogP contribution in [0.4, 0.5) is 5.95 Å². The molecule has 18 heavy (non-hydrogen) atoms. The highest BCUT2D eigenvalue weighted by Crippen LogP contribution is 2.31. The third-order valence-electron chi connectivity index (χ3n) is 2.20. The predicted molar refractivity (Wildman–Crippen MR) is 72.4 cm³/mol. The second kappa shape index (κ2) is 4.46. The SMILES string of the molecule is Nc1nc(-c2sccc2Br)nc(-n2ccnc2)n1. The summed E-state index contributed by atoms with van der Waals surface area (Å²) in [5, 5.41) is 1.95. The van der Waals surface area contributed by atoms with E-state index in [0.717, 1.165) is 9.35 Å². The Labute approximate surface area is 115 Å². The summed E-state index contributed by atoms with van der Waals surface area (Å²) in [7, 11) is 0. The molecule has 0 aliphatic rings. The van der Waals surface area contributed by atoms with E-state index < -0.39 is 0 Å². The van der Waals surface area contributed by atoms with Crippen LogP contribution in [0.5, 0.6) is 0 Å². The summed E-state index contributed by atoms with van der Waals surface area (Å²) >= 11 is 4.99. The van der Waals surface area contributed by atoms with Crippen LogP contribution in [0, 0.1) is 0 Å². The minimum atomic E-state index is 0.184. The Hall–Kier alpha value is -1.80. The van der Waals surface area contributed by atoms with Crippen molar-refractivity contribution in [2.24, 2.45) is 0 Å². The molecule has 0 spiro atoms. The van der Waals surface area contributed by atoms with Crippen molar-refractivity contribution >= 4 is 33.2 Å². The zero-order chi connectivity index (χ0) is 12.5. The number of halogens is 1. The largest absolute Gasteiger partial charge is 0.368 e. The van der Waals surface area contributed by atoms with Crippen molar-refractivity contribution in [1.82, 2.24) is 24.5 Å². The number of nitrogens with zero attached hydrogens (tertiary/aromatic N) is 5. The van der Waals surface area contributed by atoms with Crippen LogP contribution in [0.25, 0.3) is 16.6 Å². The molecule has 0 saturated carbocycles. The summed E-state index contributed by atoms with van der Waals surface area (Å²) in [4.78, 5) is 17.5. The van der Waals surface area contributed by atoms with Crippen molar-refractivity contribution in [3.8, 4) is 16.6 Å². The van der Waals surface area contributed by atoms with E-state index in [1.165, 1.54) is 11.3 Å². The van der Waals surface area contributed by atoms with Gasteiger partial charge in [-0.3, -0.25) is 4.57 Å². The van der Waals surface area contributed by atoms with E-state index in [0.29, 0.717) is 11.8 Å². The lowest BCUT2D eigenvalue weighted by Crippen LogP contribution is -2.06. The fraction of sp³-hybridized carbons (Fsp3) is 0. The predicted octanol–water partition coefficient (Wildman–Crippen LogP) is 2.13. The molecule has 3 aromatic heterocycles. The van der Waals surface area contributed by atoms with Gasteiger partial charge >= 0.3 is 0 Å². The Morgan fingerprint density at radius 2 is 2.17 bits per heavy atom. The maximum Gasteiger partial charge on any atom is 0.240 e. The van der Waals surface area contributed by atoms with Gasteiger partial charge in [-0.05, 0) is 27.4 Å². The van der Waals surface area contributed by atoms with Crippen LogP contribution >= 0.6 is 27.3 Å². The average molecular weight is 323 g/mol. The molecule has 90 valence electrons. The molecule has 0 aliphatic heterocycles. The smallest absolute Gasteiger partial charge is 0.240 e. The maximum absolute atomic E-state index is 5.72. The molecule has 0 unspecified atom stereocenters. The lowest BCUT2D eigenvalue weighted by molar-refractivity contribution is 0.907. The lowest BCUT2D eigenvalue weighted by atomic mass is 10.4. The second-order valence-corrected chi connectivity index (χ2v) is 5.16. The third kappa shape index (κ3) is 2.00. The number of imidazole rings is 1. The maximum atomic E-state index is 5.72. The van der Waals surface area contributed by atoms with Gasteiger partial charge in [0.25, 0.3) is 0 Å². The van der Waals surface area contributed by atoms with Gasteiger partial charge in [0.2, 0.25) is 11.9 Å². The van der Waals surface area contributed by atoms with Gasteiger partial charge in [-0.25, -0.2) is 4.98 Å². The minimum absolute atomic E-state index is 0.184. The van der Waals surface area contributed by atoms with Crippen LogP contribution in [-0.2, 0) is 0 Å². The number of thiophene rings is 1. The van der Waals surface area contributed by atoms with Crippen molar-refractivity contribution in [2.75, 3.05) is 5.73 Å². The van der Waals surface area contributed by atoms with Gasteiger partial charge in [0.1, 0.15) is 6.33 Å². The first-order chi connectivity index (χ1) is 8.74. The van der Waals surface area contributed by atoms with E-state index in [1.54, 1.807) is 23.3 Å². The highest BCUT2D eigenvalue weighted by atomic mass is 79.9. The van der Waals surface area contributed by atoms with Crippen LogP contribution < -0.4 is 5.73 Å². The Kier molecular flexibility index (Phi) is 2.80. The number of nitrogens with two attached hydrogens (primary N) is 1. The van der Waals surface area contributed by atoms with Gasteiger partial charge in [-0.2, -0.15) is 15.0 Å². The Morgan fingerprint density at radius 3 is 2.83 bits per heavy atom. The summed E-state index contributed by atoms with van der Waals surface area (Å²) in [5.74, 6) is 1.19. The molecule has 0 aromatic carbocycles. The topological polar surface area (TPSA) is 82.5 Å². The molecule has 2 N–H and O–H groups in total. The van der Waals surface area contributed by atoms with Crippen LogP contribution in [0.3, 0.4) is 0 Å².